The summed E-state index contributed by atoms with van der Waals surface area (Å²) >= 11 is 3.03. The Morgan fingerprint density at radius 2 is 1.70 bits per heavy atom. The summed E-state index contributed by atoms with van der Waals surface area (Å²) in [6, 6.07) is 6.53. The van der Waals surface area contributed by atoms with Crippen molar-refractivity contribution in [1.29, 1.82) is 0 Å². The second kappa shape index (κ2) is 18.6. The molecular formula is C45H56N4O6S2. The fourth-order valence-electron chi connectivity index (χ4n) is 8.17. The number of thioether (sulfide) groups is 2. The molecule has 3 aliphatic heterocycles. The molecule has 2 N–H and O–H groups in total. The smallest absolute Gasteiger partial charge is 0.302 e. The number of nitrogens with one attached hydrogen (secondary N) is 2. The second-order valence-corrected chi connectivity index (χ2v) is 17.8. The Morgan fingerprint density at radius 1 is 0.947 bits per heavy atom. The molecule has 6 heterocycles. The lowest BCUT2D eigenvalue weighted by Gasteiger charge is -2.34. The van der Waals surface area contributed by atoms with Gasteiger partial charge in [0.15, 0.2) is 5.12 Å². The zero-order valence-corrected chi connectivity index (χ0v) is 36.1. The molecule has 3 aromatic rings. The summed E-state index contributed by atoms with van der Waals surface area (Å²) in [5.41, 5.74) is 14.6. The minimum atomic E-state index is -0.370. The van der Waals surface area contributed by atoms with Gasteiger partial charge in [0.2, 0.25) is 0 Å². The van der Waals surface area contributed by atoms with Gasteiger partial charge in [-0.25, -0.2) is 4.98 Å². The number of carbonyl (C=O) groups is 3. The maximum Gasteiger partial charge on any atom is 0.302 e. The van der Waals surface area contributed by atoms with Crippen LogP contribution in [0.2, 0.25) is 0 Å². The fourth-order valence-corrected chi connectivity index (χ4v) is 10.3. The molecule has 0 aliphatic carbocycles. The largest absolute Gasteiger partial charge is 0.463 e. The lowest BCUT2D eigenvalue weighted by molar-refractivity contribution is -0.162. The summed E-state index contributed by atoms with van der Waals surface area (Å²) in [5.74, 6) is 0.948. The molecule has 1 saturated heterocycles. The molecule has 0 saturated carbocycles. The number of aromatic nitrogens is 4. The number of ether oxygens (including phenoxy) is 3. The van der Waals surface area contributed by atoms with Gasteiger partial charge in [-0.2, -0.15) is 0 Å². The normalized spacial score (nSPS) is 20.6. The number of hydrogen-bond donors (Lipinski definition) is 2. The van der Waals surface area contributed by atoms with Crippen molar-refractivity contribution in [2.75, 3.05) is 18.1 Å². The van der Waals surface area contributed by atoms with Crippen molar-refractivity contribution in [3.63, 3.8) is 0 Å². The summed E-state index contributed by atoms with van der Waals surface area (Å²) in [6.45, 7) is 20.0. The van der Waals surface area contributed by atoms with Gasteiger partial charge in [0.1, 0.15) is 18.1 Å². The van der Waals surface area contributed by atoms with Gasteiger partial charge >= 0.3 is 11.9 Å². The zero-order valence-electron chi connectivity index (χ0n) is 34.5. The number of H-pyrrole nitrogens is 2. The Bertz CT molecular complexity index is 2240. The van der Waals surface area contributed by atoms with Crippen LogP contribution in [0.1, 0.15) is 129 Å². The molecule has 12 heteroatoms. The molecule has 3 aliphatic rings. The first kappa shape index (κ1) is 42.5. The lowest BCUT2D eigenvalue weighted by atomic mass is 9.86. The topological polar surface area (TPSA) is 136 Å². The Labute approximate surface area is 344 Å². The third kappa shape index (κ3) is 9.95. The van der Waals surface area contributed by atoms with Crippen LogP contribution in [0, 0.1) is 20.8 Å². The summed E-state index contributed by atoms with van der Waals surface area (Å²) in [7, 11) is 0. The first-order valence-corrected chi connectivity index (χ1v) is 22.1. The van der Waals surface area contributed by atoms with E-state index in [1.807, 2.05) is 6.08 Å². The number of nitrogens with zero attached hydrogens (tertiary/aromatic N) is 2. The Kier molecular flexibility index (Phi) is 13.9. The van der Waals surface area contributed by atoms with E-state index in [-0.39, 0.29) is 53.1 Å². The minimum absolute atomic E-state index is 0.0603. The highest BCUT2D eigenvalue weighted by atomic mass is 32.2. The quantitative estimate of drug-likeness (QED) is 0.127. The van der Waals surface area contributed by atoms with Crippen LogP contribution in [0.4, 0.5) is 0 Å². The van der Waals surface area contributed by atoms with E-state index in [0.29, 0.717) is 31.4 Å². The molecule has 57 heavy (non-hydrogen) atoms. The molecule has 10 nitrogen and oxygen atoms in total. The number of carbonyl (C=O) groups excluding carboxylic acids is 3. The van der Waals surface area contributed by atoms with Crippen molar-refractivity contribution in [3.05, 3.63) is 75.4 Å². The average molecular weight is 813 g/mol. The molecule has 1 fully saturated rings. The number of rotatable bonds is 13. The third-order valence-corrected chi connectivity index (χ3v) is 13.5. The van der Waals surface area contributed by atoms with Gasteiger partial charge in [0.25, 0.3) is 0 Å². The van der Waals surface area contributed by atoms with Gasteiger partial charge in [-0.1, -0.05) is 38.3 Å². The van der Waals surface area contributed by atoms with E-state index in [2.05, 4.69) is 82.4 Å². The van der Waals surface area contributed by atoms with Crippen LogP contribution in [0.15, 0.2) is 24.8 Å². The van der Waals surface area contributed by atoms with Crippen LogP contribution >= 0.6 is 23.5 Å². The van der Waals surface area contributed by atoms with Crippen LogP contribution < -0.4 is 0 Å². The zero-order chi connectivity index (χ0) is 41.0. The van der Waals surface area contributed by atoms with Gasteiger partial charge in [-0.15, -0.1) is 11.8 Å². The van der Waals surface area contributed by atoms with Crippen LogP contribution in [0.25, 0.3) is 39.8 Å². The SMILES string of the molecule is C=Cc1c(C)c2cc3nc(c(C)c4nc(cc5[nH]c(cc1[nH]2)c(C)c5CC)C(C)=C4)[C@@H](CCC(=O)SCCCS[C@H]1C[C@@H](OC(C)=O)C[C@@H](COC(C)=O)O1)[C@@H]3C. The molecular weight excluding hydrogens is 757 g/mol. The fraction of sp³-hybridized carbons (Fsp3) is 0.489. The maximum atomic E-state index is 13.4. The first-order valence-electron chi connectivity index (χ1n) is 20.0. The number of aryl methyl sites for hydroxylation is 3. The van der Waals surface area contributed by atoms with Gasteiger partial charge in [-0.3, -0.25) is 19.4 Å². The van der Waals surface area contributed by atoms with Crippen LogP contribution in [-0.4, -0.2) is 72.7 Å². The monoisotopic (exact) mass is 812 g/mol. The highest BCUT2D eigenvalue weighted by Gasteiger charge is 2.33. The number of allylic oxidation sites excluding steroid dienone is 1. The van der Waals surface area contributed by atoms with Gasteiger partial charge < -0.3 is 24.2 Å². The number of hydrogen-bond acceptors (Lipinski definition) is 10. The summed E-state index contributed by atoms with van der Waals surface area (Å²) < 4.78 is 16.8. The van der Waals surface area contributed by atoms with Crippen molar-refractivity contribution in [2.24, 2.45) is 0 Å². The van der Waals surface area contributed by atoms with E-state index in [1.54, 1.807) is 11.8 Å². The molecule has 0 radical (unpaired) electrons. The second-order valence-electron chi connectivity index (χ2n) is 15.4. The van der Waals surface area contributed by atoms with Crippen LogP contribution in [0.5, 0.6) is 0 Å². The van der Waals surface area contributed by atoms with Crippen molar-refractivity contribution in [3.8, 4) is 0 Å². The minimum Gasteiger partial charge on any atom is -0.463 e. The van der Waals surface area contributed by atoms with E-state index in [9.17, 15) is 14.4 Å². The van der Waals surface area contributed by atoms with E-state index in [1.165, 1.54) is 36.7 Å². The van der Waals surface area contributed by atoms with Gasteiger partial charge in [-0.05, 0) is 105 Å². The summed E-state index contributed by atoms with van der Waals surface area (Å²) in [4.78, 5) is 54.2. The Hall–Kier alpha value is -4.13. The first-order chi connectivity index (χ1) is 27.3. The predicted molar refractivity (Wildman–Crippen MR) is 233 cm³/mol. The Balaban J connectivity index is 1.19. The number of fused-ring (bicyclic) bond motifs is 8. The molecule has 6 rings (SSSR count). The van der Waals surface area contributed by atoms with Crippen molar-refractivity contribution in [1.82, 2.24) is 19.9 Å². The molecule has 5 atom stereocenters. The van der Waals surface area contributed by atoms with E-state index < -0.39 is 0 Å². The third-order valence-electron chi connectivity index (χ3n) is 11.3. The molecule has 304 valence electrons. The standard InChI is InChI=1S/C45H56N4O6S2/c1-10-33-26(5)39-22-42-34(11-2)25(4)38(47-42)21-40-27(6)35(45(49-40)28(7)37-17-24(3)36(46-37)20-41(33)48-39)13-14-43(52)56-15-12-16-57-44-19-31(54-30(9)51)18-32(55-44)23-53-29(8)50/h11,17,20-22,27,31-32,35,44,47-48H,2,10,12-16,18-19,23H2,1,3-9H3/t27-,31-,32-,35-,44-/m0/s1. The molecule has 0 unspecified atom stereocenters. The lowest BCUT2D eigenvalue weighted by Crippen LogP contribution is -2.39. The molecule has 0 aromatic carbocycles. The highest BCUT2D eigenvalue weighted by Crippen LogP contribution is 2.42. The van der Waals surface area contributed by atoms with Gasteiger partial charge in [0.05, 0.1) is 17.5 Å². The molecule has 8 bridgehead atoms. The highest BCUT2D eigenvalue weighted by molar-refractivity contribution is 8.13. The average Bonchev–Trinajstić information content (AvgIpc) is 3.86. The van der Waals surface area contributed by atoms with E-state index in [0.717, 1.165) is 85.7 Å². The number of aromatic amines is 2. The summed E-state index contributed by atoms with van der Waals surface area (Å²) in [6.07, 6.45) is 7.40. The molecule has 0 amide bonds. The van der Waals surface area contributed by atoms with E-state index in [4.69, 9.17) is 24.2 Å². The van der Waals surface area contributed by atoms with Crippen molar-refractivity contribution >= 4 is 80.4 Å². The van der Waals surface area contributed by atoms with Crippen LogP contribution in [-0.2, 0) is 35.0 Å². The van der Waals surface area contributed by atoms with Gasteiger partial charge in [0, 0.05) is 89.7 Å². The predicted octanol–water partition coefficient (Wildman–Crippen LogP) is 10.1. The van der Waals surface area contributed by atoms with E-state index >= 15 is 0 Å². The van der Waals surface area contributed by atoms with Crippen molar-refractivity contribution < 1.29 is 28.6 Å². The molecule has 3 aromatic heterocycles. The number of esters is 2. The van der Waals surface area contributed by atoms with Crippen molar-refractivity contribution in [2.45, 2.75) is 123 Å². The molecule has 0 spiro atoms. The Morgan fingerprint density at radius 3 is 2.42 bits per heavy atom. The maximum absolute atomic E-state index is 13.4. The van der Waals surface area contributed by atoms with Crippen LogP contribution in [0.3, 0.4) is 0 Å². The summed E-state index contributed by atoms with van der Waals surface area (Å²) in [5, 5.41) is 0.174.